The lowest BCUT2D eigenvalue weighted by Gasteiger charge is -1.82. The van der Waals surface area contributed by atoms with Crippen LogP contribution in [-0.4, -0.2) is 23.3 Å². The summed E-state index contributed by atoms with van der Waals surface area (Å²) in [6.07, 6.45) is 0. The molecule has 0 aromatic heterocycles. The second-order valence-electron chi connectivity index (χ2n) is 2.39. The third-order valence-electron chi connectivity index (χ3n) is 1.38. The van der Waals surface area contributed by atoms with E-state index >= 15 is 0 Å². The van der Waals surface area contributed by atoms with Crippen LogP contribution in [0.25, 0.3) is 0 Å². The summed E-state index contributed by atoms with van der Waals surface area (Å²) in [7, 11) is 0. The molecule has 0 amide bonds. The van der Waals surface area contributed by atoms with Gasteiger partial charge in [0.1, 0.15) is 5.75 Å². The Kier molecular flexibility index (Phi) is 4.64. The summed E-state index contributed by atoms with van der Waals surface area (Å²) in [4.78, 5) is 0. The predicted octanol–water partition coefficient (Wildman–Crippen LogP) is 1.67. The van der Waals surface area contributed by atoms with E-state index in [4.69, 9.17) is 5.11 Å². The standard InChI is InChI=1S/C6H6O.C3H7NS/c7-6-4-2-1-3-5-6;1-2-5-3-4-1/h1-5,7H;4H,1-3H2. The molecule has 66 valence electrons. The second kappa shape index (κ2) is 5.91. The lowest BCUT2D eigenvalue weighted by Crippen LogP contribution is -2.04. The molecule has 0 saturated carbocycles. The zero-order chi connectivity index (χ0) is 8.65. The van der Waals surface area contributed by atoms with E-state index in [0.29, 0.717) is 5.75 Å². The molecule has 0 spiro atoms. The lowest BCUT2D eigenvalue weighted by molar-refractivity contribution is 0.475. The van der Waals surface area contributed by atoms with Gasteiger partial charge >= 0.3 is 0 Å². The van der Waals surface area contributed by atoms with Crippen molar-refractivity contribution in [2.45, 2.75) is 0 Å². The van der Waals surface area contributed by atoms with Crippen molar-refractivity contribution >= 4 is 11.8 Å². The maximum Gasteiger partial charge on any atom is 0.115 e. The molecule has 12 heavy (non-hydrogen) atoms. The summed E-state index contributed by atoms with van der Waals surface area (Å²) in [5.41, 5.74) is 0. The molecule has 1 aromatic rings. The van der Waals surface area contributed by atoms with E-state index in [9.17, 15) is 0 Å². The van der Waals surface area contributed by atoms with Crippen LogP contribution in [-0.2, 0) is 0 Å². The van der Waals surface area contributed by atoms with Gasteiger partial charge in [-0.25, -0.2) is 0 Å². The Morgan fingerprint density at radius 1 is 1.25 bits per heavy atom. The molecule has 0 bridgehead atoms. The van der Waals surface area contributed by atoms with Crippen molar-refractivity contribution in [1.29, 1.82) is 0 Å². The first-order valence-electron chi connectivity index (χ1n) is 3.92. The quantitative estimate of drug-likeness (QED) is 0.641. The number of phenolic OH excluding ortho intramolecular Hbond substituents is 1. The lowest BCUT2D eigenvalue weighted by atomic mass is 10.3. The molecule has 3 heteroatoms. The van der Waals surface area contributed by atoms with Crippen molar-refractivity contribution in [3.8, 4) is 5.75 Å². The minimum atomic E-state index is 0.322. The summed E-state index contributed by atoms with van der Waals surface area (Å²) >= 11 is 1.96. The van der Waals surface area contributed by atoms with Crippen molar-refractivity contribution in [2.75, 3.05) is 18.2 Å². The molecule has 2 nitrogen and oxygen atoms in total. The van der Waals surface area contributed by atoms with Gasteiger partial charge in [0.05, 0.1) is 0 Å². The predicted molar refractivity (Wildman–Crippen MR) is 53.4 cm³/mol. The normalized spacial score (nSPS) is 15.0. The van der Waals surface area contributed by atoms with Gasteiger partial charge in [-0.3, -0.25) is 0 Å². The van der Waals surface area contributed by atoms with Crippen molar-refractivity contribution in [3.63, 3.8) is 0 Å². The van der Waals surface area contributed by atoms with E-state index in [1.807, 2.05) is 17.8 Å². The van der Waals surface area contributed by atoms with E-state index < -0.39 is 0 Å². The highest BCUT2D eigenvalue weighted by Gasteiger charge is 1.93. The maximum absolute atomic E-state index is 8.63. The van der Waals surface area contributed by atoms with E-state index in [-0.39, 0.29) is 0 Å². The minimum absolute atomic E-state index is 0.322. The molecule has 1 aliphatic rings. The molecule has 1 fully saturated rings. The Hall–Kier alpha value is -0.670. The zero-order valence-electron chi connectivity index (χ0n) is 6.86. The Balaban J connectivity index is 0.000000127. The number of hydrogen-bond donors (Lipinski definition) is 2. The molecule has 2 N–H and O–H groups in total. The number of phenols is 1. The van der Waals surface area contributed by atoms with Gasteiger partial charge in [0.2, 0.25) is 0 Å². The Morgan fingerprint density at radius 3 is 2.25 bits per heavy atom. The van der Waals surface area contributed by atoms with Gasteiger partial charge in [-0.05, 0) is 12.1 Å². The second-order valence-corrected chi connectivity index (χ2v) is 3.49. The topological polar surface area (TPSA) is 32.3 Å². The van der Waals surface area contributed by atoms with Crippen molar-refractivity contribution in [1.82, 2.24) is 5.32 Å². The molecule has 1 saturated heterocycles. The monoisotopic (exact) mass is 183 g/mol. The first-order valence-corrected chi connectivity index (χ1v) is 5.07. The largest absolute Gasteiger partial charge is 0.508 e. The van der Waals surface area contributed by atoms with Gasteiger partial charge in [0, 0.05) is 18.2 Å². The summed E-state index contributed by atoms with van der Waals surface area (Å²) in [5, 5.41) is 11.8. The molecular formula is C9H13NOS. The summed E-state index contributed by atoms with van der Waals surface area (Å²) < 4.78 is 0. The van der Waals surface area contributed by atoms with E-state index in [1.165, 1.54) is 18.2 Å². The SMILES string of the molecule is C1CSCN1.Oc1ccccc1. The number of aromatic hydroxyl groups is 1. The van der Waals surface area contributed by atoms with Gasteiger partial charge < -0.3 is 10.4 Å². The van der Waals surface area contributed by atoms with E-state index in [0.717, 1.165) is 0 Å². The summed E-state index contributed by atoms with van der Waals surface area (Å²) in [6.45, 7) is 1.21. The van der Waals surface area contributed by atoms with Crippen LogP contribution in [0.4, 0.5) is 0 Å². The van der Waals surface area contributed by atoms with Crippen molar-refractivity contribution in [2.24, 2.45) is 0 Å². The Morgan fingerprint density at radius 2 is 2.00 bits per heavy atom. The van der Waals surface area contributed by atoms with Crippen LogP contribution in [0.15, 0.2) is 30.3 Å². The summed E-state index contributed by atoms with van der Waals surface area (Å²) in [5.74, 6) is 2.79. The van der Waals surface area contributed by atoms with Gasteiger partial charge in [-0.2, -0.15) is 0 Å². The molecular weight excluding hydrogens is 170 g/mol. The molecule has 1 heterocycles. The first-order chi connectivity index (χ1) is 5.89. The number of thioether (sulfide) groups is 1. The van der Waals surface area contributed by atoms with Crippen LogP contribution >= 0.6 is 11.8 Å². The smallest absolute Gasteiger partial charge is 0.115 e. The van der Waals surface area contributed by atoms with Crippen LogP contribution in [0.2, 0.25) is 0 Å². The average molecular weight is 183 g/mol. The number of nitrogens with one attached hydrogen (secondary N) is 1. The highest BCUT2D eigenvalue weighted by atomic mass is 32.2. The van der Waals surface area contributed by atoms with Gasteiger partial charge in [-0.1, -0.05) is 18.2 Å². The van der Waals surface area contributed by atoms with Crippen LogP contribution < -0.4 is 5.32 Å². The number of rotatable bonds is 0. The fraction of sp³-hybridized carbons (Fsp3) is 0.333. The van der Waals surface area contributed by atoms with Gasteiger partial charge in [0.25, 0.3) is 0 Å². The minimum Gasteiger partial charge on any atom is -0.508 e. The van der Waals surface area contributed by atoms with E-state index in [2.05, 4.69) is 5.32 Å². The number of hydrogen-bond acceptors (Lipinski definition) is 3. The highest BCUT2D eigenvalue weighted by Crippen LogP contribution is 2.02. The van der Waals surface area contributed by atoms with Crippen LogP contribution in [0.1, 0.15) is 0 Å². The third kappa shape index (κ3) is 4.26. The first kappa shape index (κ1) is 9.42. The Labute approximate surface area is 77.0 Å². The molecule has 1 aromatic carbocycles. The fourth-order valence-electron chi connectivity index (χ4n) is 0.789. The van der Waals surface area contributed by atoms with Gasteiger partial charge in [0.15, 0.2) is 0 Å². The van der Waals surface area contributed by atoms with Gasteiger partial charge in [-0.15, -0.1) is 11.8 Å². The maximum atomic E-state index is 8.63. The number of benzene rings is 1. The van der Waals surface area contributed by atoms with Crippen molar-refractivity contribution in [3.05, 3.63) is 30.3 Å². The molecule has 0 atom stereocenters. The van der Waals surface area contributed by atoms with Crippen LogP contribution in [0, 0.1) is 0 Å². The molecule has 0 unspecified atom stereocenters. The number of para-hydroxylation sites is 1. The Bertz CT molecular complexity index is 191. The molecule has 0 radical (unpaired) electrons. The molecule has 2 rings (SSSR count). The average Bonchev–Trinajstić information content (AvgIpc) is 2.62. The fourth-order valence-corrected chi connectivity index (χ4v) is 1.51. The van der Waals surface area contributed by atoms with Crippen molar-refractivity contribution < 1.29 is 5.11 Å². The zero-order valence-corrected chi connectivity index (χ0v) is 7.68. The van der Waals surface area contributed by atoms with E-state index in [1.54, 1.807) is 24.3 Å². The summed E-state index contributed by atoms with van der Waals surface area (Å²) in [6, 6.07) is 8.71. The third-order valence-corrected chi connectivity index (χ3v) is 2.28. The molecule has 0 aliphatic carbocycles. The highest BCUT2D eigenvalue weighted by molar-refractivity contribution is 7.99. The van der Waals surface area contributed by atoms with Crippen LogP contribution in [0.5, 0.6) is 5.75 Å². The van der Waals surface area contributed by atoms with Crippen LogP contribution in [0.3, 0.4) is 0 Å². The molecule has 1 aliphatic heterocycles.